The maximum absolute atomic E-state index is 13.7. The monoisotopic (exact) mass is 231 g/mol. The second kappa shape index (κ2) is 3.66. The molecule has 1 aliphatic rings. The first-order chi connectivity index (χ1) is 7.47. The Morgan fingerprint density at radius 2 is 1.94 bits per heavy atom. The lowest BCUT2D eigenvalue weighted by Crippen LogP contribution is -2.25. The van der Waals surface area contributed by atoms with Crippen molar-refractivity contribution in [2.24, 2.45) is 5.73 Å². The topological polar surface area (TPSA) is 35.2 Å². The van der Waals surface area contributed by atoms with Crippen molar-refractivity contribution in [1.82, 2.24) is 0 Å². The Hall–Kier alpha value is -1.23. The first-order valence-electron chi connectivity index (χ1n) is 4.96. The lowest BCUT2D eigenvalue weighted by Gasteiger charge is -2.12. The van der Waals surface area contributed by atoms with Crippen LogP contribution < -0.4 is 10.5 Å². The molecule has 2 N–H and O–H groups in total. The molecule has 1 aliphatic carbocycles. The maximum Gasteiger partial charge on any atom is 0.203 e. The number of ether oxygens (including phenoxy) is 1. The fourth-order valence-corrected chi connectivity index (χ4v) is 1.65. The maximum atomic E-state index is 13.7. The number of halogens is 3. The van der Waals surface area contributed by atoms with Gasteiger partial charge in [0.15, 0.2) is 17.4 Å². The zero-order valence-corrected chi connectivity index (χ0v) is 8.82. The van der Waals surface area contributed by atoms with Crippen LogP contribution in [-0.4, -0.2) is 12.6 Å². The standard InChI is InChI=1S/C11H12F3NO/c1-16-10-8(13)6(4-7(12)9(10)14)5-11(15)2-3-11/h4H,2-3,5,15H2,1H3. The molecule has 0 aliphatic heterocycles. The highest BCUT2D eigenvalue weighted by Gasteiger charge is 2.39. The third-order valence-electron chi connectivity index (χ3n) is 2.83. The second-order valence-electron chi connectivity index (χ2n) is 4.22. The molecule has 88 valence electrons. The van der Waals surface area contributed by atoms with E-state index >= 15 is 0 Å². The Balaban J connectivity index is 2.41. The molecule has 1 aromatic rings. The molecule has 0 atom stereocenters. The summed E-state index contributed by atoms with van der Waals surface area (Å²) in [7, 11) is 1.10. The Morgan fingerprint density at radius 1 is 1.31 bits per heavy atom. The number of benzene rings is 1. The van der Waals surface area contributed by atoms with Crippen LogP contribution in [-0.2, 0) is 6.42 Å². The number of rotatable bonds is 3. The Morgan fingerprint density at radius 3 is 2.44 bits per heavy atom. The molecule has 0 bridgehead atoms. The van der Waals surface area contributed by atoms with E-state index in [-0.39, 0.29) is 12.0 Å². The SMILES string of the molecule is COc1c(F)c(F)cc(CC2(N)CC2)c1F. The highest BCUT2D eigenvalue weighted by Crippen LogP contribution is 2.38. The number of methoxy groups -OCH3 is 1. The number of nitrogens with two attached hydrogens (primary N) is 1. The van der Waals surface area contributed by atoms with E-state index in [4.69, 9.17) is 5.73 Å². The molecule has 0 unspecified atom stereocenters. The first-order valence-corrected chi connectivity index (χ1v) is 4.96. The third kappa shape index (κ3) is 1.87. The van der Waals surface area contributed by atoms with Crippen molar-refractivity contribution < 1.29 is 17.9 Å². The molecule has 2 rings (SSSR count). The van der Waals surface area contributed by atoms with E-state index in [1.807, 2.05) is 0 Å². The van der Waals surface area contributed by atoms with Crippen LogP contribution in [0.3, 0.4) is 0 Å². The second-order valence-corrected chi connectivity index (χ2v) is 4.22. The van der Waals surface area contributed by atoms with Crippen LogP contribution in [0.4, 0.5) is 13.2 Å². The van der Waals surface area contributed by atoms with E-state index < -0.39 is 28.7 Å². The van der Waals surface area contributed by atoms with E-state index in [2.05, 4.69) is 4.74 Å². The van der Waals surface area contributed by atoms with Crippen LogP contribution in [0.15, 0.2) is 6.07 Å². The lowest BCUT2D eigenvalue weighted by molar-refractivity contribution is 0.343. The van der Waals surface area contributed by atoms with E-state index in [0.29, 0.717) is 0 Å². The molecule has 1 saturated carbocycles. The summed E-state index contributed by atoms with van der Waals surface area (Å²) in [6.45, 7) is 0. The minimum Gasteiger partial charge on any atom is -0.491 e. The van der Waals surface area contributed by atoms with Crippen LogP contribution in [0.5, 0.6) is 5.75 Å². The van der Waals surface area contributed by atoms with E-state index in [9.17, 15) is 13.2 Å². The number of hydrogen-bond donors (Lipinski definition) is 1. The van der Waals surface area contributed by atoms with Gasteiger partial charge in [0, 0.05) is 5.54 Å². The average molecular weight is 231 g/mol. The van der Waals surface area contributed by atoms with Gasteiger partial charge in [-0.25, -0.2) is 8.78 Å². The van der Waals surface area contributed by atoms with E-state index in [1.165, 1.54) is 0 Å². The molecule has 0 amide bonds. The van der Waals surface area contributed by atoms with Gasteiger partial charge in [-0.3, -0.25) is 0 Å². The predicted molar refractivity (Wildman–Crippen MR) is 52.7 cm³/mol. The molecule has 0 spiro atoms. The molecule has 16 heavy (non-hydrogen) atoms. The van der Waals surface area contributed by atoms with E-state index in [0.717, 1.165) is 26.0 Å². The highest BCUT2D eigenvalue weighted by atomic mass is 19.2. The van der Waals surface area contributed by atoms with Crippen LogP contribution in [0, 0.1) is 17.5 Å². The largest absolute Gasteiger partial charge is 0.491 e. The summed E-state index contributed by atoms with van der Waals surface area (Å²) in [5, 5.41) is 0. The van der Waals surface area contributed by atoms with Crippen molar-refractivity contribution >= 4 is 0 Å². The Bertz CT molecular complexity index is 430. The normalized spacial score (nSPS) is 17.3. The van der Waals surface area contributed by atoms with Crippen LogP contribution >= 0.6 is 0 Å². The minimum absolute atomic E-state index is 0.0655. The molecule has 0 radical (unpaired) electrons. The zero-order chi connectivity index (χ0) is 11.9. The molecular formula is C11H12F3NO. The zero-order valence-electron chi connectivity index (χ0n) is 8.82. The molecule has 0 heterocycles. The average Bonchev–Trinajstić information content (AvgIpc) is 2.94. The molecule has 2 nitrogen and oxygen atoms in total. The van der Waals surface area contributed by atoms with Gasteiger partial charge in [0.05, 0.1) is 7.11 Å². The fraction of sp³-hybridized carbons (Fsp3) is 0.455. The summed E-state index contributed by atoms with van der Waals surface area (Å²) in [5.41, 5.74) is 5.41. The summed E-state index contributed by atoms with van der Waals surface area (Å²) in [5.74, 6) is -3.96. The molecular weight excluding hydrogens is 219 g/mol. The lowest BCUT2D eigenvalue weighted by atomic mass is 10.0. The van der Waals surface area contributed by atoms with Crippen LogP contribution in [0.25, 0.3) is 0 Å². The van der Waals surface area contributed by atoms with Gasteiger partial charge in [-0.1, -0.05) is 0 Å². The van der Waals surface area contributed by atoms with Crippen molar-refractivity contribution in [3.05, 3.63) is 29.1 Å². The third-order valence-corrected chi connectivity index (χ3v) is 2.83. The highest BCUT2D eigenvalue weighted by molar-refractivity contribution is 5.35. The van der Waals surface area contributed by atoms with Gasteiger partial charge in [-0.15, -0.1) is 0 Å². The summed E-state index contributed by atoms with van der Waals surface area (Å²) in [6, 6.07) is 0.847. The van der Waals surface area contributed by atoms with Gasteiger partial charge < -0.3 is 10.5 Å². The van der Waals surface area contributed by atoms with Crippen molar-refractivity contribution in [2.75, 3.05) is 7.11 Å². The Labute approximate surface area is 91.2 Å². The number of hydrogen-bond acceptors (Lipinski definition) is 2. The summed E-state index contributed by atoms with van der Waals surface area (Å²) >= 11 is 0. The Kier molecular flexibility index (Phi) is 2.58. The van der Waals surface area contributed by atoms with Gasteiger partial charge in [0.25, 0.3) is 0 Å². The smallest absolute Gasteiger partial charge is 0.203 e. The van der Waals surface area contributed by atoms with Crippen molar-refractivity contribution in [3.63, 3.8) is 0 Å². The van der Waals surface area contributed by atoms with Crippen molar-refractivity contribution in [1.29, 1.82) is 0 Å². The molecule has 1 aromatic carbocycles. The van der Waals surface area contributed by atoms with Crippen LogP contribution in [0.2, 0.25) is 0 Å². The first kappa shape index (κ1) is 11.3. The van der Waals surface area contributed by atoms with Gasteiger partial charge in [-0.2, -0.15) is 4.39 Å². The summed E-state index contributed by atoms with van der Waals surface area (Å²) < 4.78 is 44.4. The van der Waals surface area contributed by atoms with E-state index in [1.54, 1.807) is 0 Å². The van der Waals surface area contributed by atoms with Gasteiger partial charge >= 0.3 is 0 Å². The van der Waals surface area contributed by atoms with Crippen LogP contribution in [0.1, 0.15) is 18.4 Å². The minimum atomic E-state index is -1.30. The van der Waals surface area contributed by atoms with Gasteiger partial charge in [0.2, 0.25) is 5.82 Å². The predicted octanol–water partition coefficient (Wildman–Crippen LogP) is 2.15. The van der Waals surface area contributed by atoms with Crippen molar-refractivity contribution in [3.8, 4) is 5.75 Å². The summed E-state index contributed by atoms with van der Waals surface area (Å²) in [4.78, 5) is 0. The van der Waals surface area contributed by atoms with Gasteiger partial charge in [0.1, 0.15) is 0 Å². The van der Waals surface area contributed by atoms with Gasteiger partial charge in [-0.05, 0) is 30.9 Å². The fourth-order valence-electron chi connectivity index (χ4n) is 1.65. The molecule has 1 fully saturated rings. The molecule has 0 saturated heterocycles. The summed E-state index contributed by atoms with van der Waals surface area (Å²) in [6.07, 6.45) is 1.74. The quantitative estimate of drug-likeness (QED) is 0.809. The van der Waals surface area contributed by atoms with Crippen molar-refractivity contribution in [2.45, 2.75) is 24.8 Å². The molecule has 5 heteroatoms. The molecule has 0 aromatic heterocycles.